The summed E-state index contributed by atoms with van der Waals surface area (Å²) in [6.45, 7) is 3.17. The van der Waals surface area contributed by atoms with Crippen LogP contribution in [0.3, 0.4) is 0 Å². The van der Waals surface area contributed by atoms with Crippen molar-refractivity contribution in [2.45, 2.75) is 25.2 Å². The fraction of sp³-hybridized carbons (Fsp3) is 0.235. The van der Waals surface area contributed by atoms with E-state index in [2.05, 4.69) is 15.5 Å². The van der Waals surface area contributed by atoms with Gasteiger partial charge in [0.25, 0.3) is 0 Å². The Bertz CT molecular complexity index is 784. The number of benzene rings is 1. The van der Waals surface area contributed by atoms with Crippen LogP contribution in [-0.4, -0.2) is 26.4 Å². The SMILES string of the molecule is CCn1c(SCC(=O)NCc2ccco2)nnc1-c1ccccc1. The number of rotatable bonds is 7. The Morgan fingerprint density at radius 3 is 2.75 bits per heavy atom. The van der Waals surface area contributed by atoms with E-state index in [1.807, 2.05) is 47.9 Å². The molecule has 0 bridgehead atoms. The fourth-order valence-corrected chi connectivity index (χ4v) is 3.09. The first kappa shape index (κ1) is 16.3. The van der Waals surface area contributed by atoms with Gasteiger partial charge in [0.15, 0.2) is 11.0 Å². The van der Waals surface area contributed by atoms with Crippen molar-refractivity contribution in [1.82, 2.24) is 20.1 Å². The minimum absolute atomic E-state index is 0.0664. The molecule has 1 aromatic carbocycles. The van der Waals surface area contributed by atoms with E-state index in [1.54, 1.807) is 12.3 Å². The number of carbonyl (C=O) groups excluding carboxylic acids is 1. The average Bonchev–Trinajstić information content (AvgIpc) is 3.28. The third-order valence-corrected chi connectivity index (χ3v) is 4.40. The molecule has 0 atom stereocenters. The van der Waals surface area contributed by atoms with Crippen LogP contribution in [0.5, 0.6) is 0 Å². The number of hydrogen-bond donors (Lipinski definition) is 1. The number of carbonyl (C=O) groups is 1. The van der Waals surface area contributed by atoms with Gasteiger partial charge in [0.2, 0.25) is 5.91 Å². The number of nitrogens with one attached hydrogen (secondary N) is 1. The van der Waals surface area contributed by atoms with Crippen molar-refractivity contribution in [2.75, 3.05) is 5.75 Å². The molecule has 7 heteroatoms. The lowest BCUT2D eigenvalue weighted by atomic mass is 10.2. The van der Waals surface area contributed by atoms with Gasteiger partial charge in [-0.1, -0.05) is 42.1 Å². The molecule has 0 spiro atoms. The highest BCUT2D eigenvalue weighted by Gasteiger charge is 2.14. The molecule has 3 rings (SSSR count). The molecule has 1 N–H and O–H groups in total. The molecule has 24 heavy (non-hydrogen) atoms. The molecule has 2 aromatic heterocycles. The summed E-state index contributed by atoms with van der Waals surface area (Å²) in [6, 6.07) is 13.5. The summed E-state index contributed by atoms with van der Waals surface area (Å²) in [6.07, 6.45) is 1.59. The highest BCUT2D eigenvalue weighted by atomic mass is 32.2. The summed E-state index contributed by atoms with van der Waals surface area (Å²) in [5, 5.41) is 12.1. The van der Waals surface area contributed by atoms with Gasteiger partial charge in [-0.25, -0.2) is 0 Å². The number of thioether (sulfide) groups is 1. The van der Waals surface area contributed by atoms with Crippen LogP contribution in [-0.2, 0) is 17.9 Å². The zero-order chi connectivity index (χ0) is 16.8. The van der Waals surface area contributed by atoms with Crippen LogP contribution in [0.2, 0.25) is 0 Å². The van der Waals surface area contributed by atoms with Crippen LogP contribution >= 0.6 is 11.8 Å². The highest BCUT2D eigenvalue weighted by Crippen LogP contribution is 2.23. The normalized spacial score (nSPS) is 10.7. The molecule has 124 valence electrons. The van der Waals surface area contributed by atoms with Crippen molar-refractivity contribution in [3.8, 4) is 11.4 Å². The lowest BCUT2D eigenvalue weighted by Gasteiger charge is -2.07. The van der Waals surface area contributed by atoms with Crippen LogP contribution in [0, 0.1) is 0 Å². The lowest BCUT2D eigenvalue weighted by Crippen LogP contribution is -2.24. The van der Waals surface area contributed by atoms with E-state index in [1.165, 1.54) is 11.8 Å². The van der Waals surface area contributed by atoms with Crippen LogP contribution in [0.1, 0.15) is 12.7 Å². The Kier molecular flexibility index (Phi) is 5.32. The maximum absolute atomic E-state index is 12.0. The predicted molar refractivity (Wildman–Crippen MR) is 92.4 cm³/mol. The molecule has 0 saturated carbocycles. The van der Waals surface area contributed by atoms with Gasteiger partial charge in [-0.15, -0.1) is 10.2 Å². The summed E-state index contributed by atoms with van der Waals surface area (Å²) in [5.41, 5.74) is 1.01. The number of aromatic nitrogens is 3. The largest absolute Gasteiger partial charge is 0.467 e. The van der Waals surface area contributed by atoms with E-state index in [0.717, 1.165) is 28.8 Å². The Morgan fingerprint density at radius 1 is 1.21 bits per heavy atom. The van der Waals surface area contributed by atoms with Crippen molar-refractivity contribution >= 4 is 17.7 Å². The fourth-order valence-electron chi connectivity index (χ4n) is 2.26. The monoisotopic (exact) mass is 342 g/mol. The molecule has 0 fully saturated rings. The molecule has 0 saturated heterocycles. The van der Waals surface area contributed by atoms with Gasteiger partial charge >= 0.3 is 0 Å². The van der Waals surface area contributed by atoms with Crippen LogP contribution in [0.15, 0.2) is 58.3 Å². The summed E-state index contributed by atoms with van der Waals surface area (Å²) in [7, 11) is 0. The van der Waals surface area contributed by atoms with Crippen LogP contribution in [0.4, 0.5) is 0 Å². The maximum atomic E-state index is 12.0. The first-order valence-corrected chi connectivity index (χ1v) is 8.67. The third-order valence-electron chi connectivity index (χ3n) is 3.44. The van der Waals surface area contributed by atoms with Gasteiger partial charge in [-0.05, 0) is 19.1 Å². The molecule has 6 nitrogen and oxygen atoms in total. The first-order valence-electron chi connectivity index (χ1n) is 7.68. The lowest BCUT2D eigenvalue weighted by molar-refractivity contribution is -0.118. The molecule has 0 aliphatic heterocycles. The van der Waals surface area contributed by atoms with Crippen LogP contribution in [0.25, 0.3) is 11.4 Å². The van der Waals surface area contributed by atoms with E-state index >= 15 is 0 Å². The van der Waals surface area contributed by atoms with E-state index < -0.39 is 0 Å². The Morgan fingerprint density at radius 2 is 2.04 bits per heavy atom. The van der Waals surface area contributed by atoms with E-state index in [9.17, 15) is 4.79 Å². The molecule has 2 heterocycles. The van der Waals surface area contributed by atoms with Gasteiger partial charge in [-0.2, -0.15) is 0 Å². The minimum atomic E-state index is -0.0664. The van der Waals surface area contributed by atoms with E-state index in [-0.39, 0.29) is 11.7 Å². The van der Waals surface area contributed by atoms with Crippen LogP contribution < -0.4 is 5.32 Å². The summed E-state index contributed by atoms with van der Waals surface area (Å²) in [4.78, 5) is 12.0. The molecular weight excluding hydrogens is 324 g/mol. The second-order valence-electron chi connectivity index (χ2n) is 5.06. The van der Waals surface area contributed by atoms with Crippen molar-refractivity contribution in [3.63, 3.8) is 0 Å². The topological polar surface area (TPSA) is 73.0 Å². The minimum Gasteiger partial charge on any atom is -0.467 e. The van der Waals surface area contributed by atoms with E-state index in [4.69, 9.17) is 4.42 Å². The molecule has 3 aromatic rings. The molecule has 0 aliphatic carbocycles. The standard InChI is InChI=1S/C17H18N4O2S/c1-2-21-16(13-7-4-3-5-8-13)19-20-17(21)24-12-15(22)18-11-14-9-6-10-23-14/h3-10H,2,11-12H2,1H3,(H,18,22). The summed E-state index contributed by atoms with van der Waals surface area (Å²) in [5.74, 6) is 1.77. The van der Waals surface area contributed by atoms with Gasteiger partial charge in [-0.3, -0.25) is 4.79 Å². The Labute approximate surface area is 144 Å². The van der Waals surface area contributed by atoms with Gasteiger partial charge < -0.3 is 14.3 Å². The van der Waals surface area contributed by atoms with E-state index in [0.29, 0.717) is 6.54 Å². The second kappa shape index (κ2) is 7.83. The first-order chi connectivity index (χ1) is 11.8. The maximum Gasteiger partial charge on any atom is 0.230 e. The summed E-state index contributed by atoms with van der Waals surface area (Å²) < 4.78 is 7.20. The molecular formula is C17H18N4O2S. The molecule has 1 amide bonds. The van der Waals surface area contributed by atoms with Gasteiger partial charge in [0.05, 0.1) is 18.6 Å². The Balaban J connectivity index is 1.61. The quantitative estimate of drug-likeness (QED) is 0.668. The molecule has 0 radical (unpaired) electrons. The number of amides is 1. The smallest absolute Gasteiger partial charge is 0.230 e. The summed E-state index contributed by atoms with van der Waals surface area (Å²) >= 11 is 1.38. The van der Waals surface area contributed by atoms with Crippen molar-refractivity contribution in [3.05, 3.63) is 54.5 Å². The number of hydrogen-bond acceptors (Lipinski definition) is 5. The van der Waals surface area contributed by atoms with Crippen molar-refractivity contribution in [1.29, 1.82) is 0 Å². The predicted octanol–water partition coefficient (Wildman–Crippen LogP) is 2.97. The zero-order valence-electron chi connectivity index (χ0n) is 13.3. The molecule has 0 aliphatic rings. The van der Waals surface area contributed by atoms with Gasteiger partial charge in [0, 0.05) is 12.1 Å². The highest BCUT2D eigenvalue weighted by molar-refractivity contribution is 7.99. The van der Waals surface area contributed by atoms with Crippen molar-refractivity contribution in [2.24, 2.45) is 0 Å². The van der Waals surface area contributed by atoms with Crippen molar-refractivity contribution < 1.29 is 9.21 Å². The zero-order valence-corrected chi connectivity index (χ0v) is 14.1. The second-order valence-corrected chi connectivity index (χ2v) is 6.00. The molecule has 0 unspecified atom stereocenters. The number of nitrogens with zero attached hydrogens (tertiary/aromatic N) is 3. The van der Waals surface area contributed by atoms with Gasteiger partial charge in [0.1, 0.15) is 5.76 Å². The number of furan rings is 1. The third kappa shape index (κ3) is 3.86. The average molecular weight is 342 g/mol. The Hall–Kier alpha value is -2.54.